The molecular formula is C30H45N5O6S. The second-order valence-electron chi connectivity index (χ2n) is 11.8. The Balaban J connectivity index is 1.60. The monoisotopic (exact) mass is 603 g/mol. The molecule has 2 heterocycles. The van der Waals surface area contributed by atoms with Crippen LogP contribution in [0.25, 0.3) is 0 Å². The van der Waals surface area contributed by atoms with E-state index in [2.05, 4.69) is 15.2 Å². The Hall–Kier alpha value is -3.38. The van der Waals surface area contributed by atoms with Gasteiger partial charge in [0.2, 0.25) is 15.9 Å². The van der Waals surface area contributed by atoms with Gasteiger partial charge >= 0.3 is 6.09 Å². The molecule has 2 amide bonds. The summed E-state index contributed by atoms with van der Waals surface area (Å²) in [4.78, 5) is 33.8. The highest BCUT2D eigenvalue weighted by Gasteiger charge is 2.29. The van der Waals surface area contributed by atoms with Gasteiger partial charge in [-0.2, -0.15) is 4.31 Å². The van der Waals surface area contributed by atoms with Crippen LogP contribution < -0.4 is 15.0 Å². The molecule has 1 aromatic carbocycles. The Morgan fingerprint density at radius 2 is 1.67 bits per heavy atom. The maximum Gasteiger partial charge on any atom is 0.410 e. The number of aromatic nitrogens is 1. The number of pyridine rings is 1. The Kier molecular flexibility index (Phi) is 11.2. The summed E-state index contributed by atoms with van der Waals surface area (Å²) < 4.78 is 38.9. The number of piperidine rings is 1. The molecule has 1 saturated heterocycles. The van der Waals surface area contributed by atoms with Gasteiger partial charge in [0.1, 0.15) is 17.9 Å². The minimum absolute atomic E-state index is 0.0172. The molecule has 0 aliphatic carbocycles. The van der Waals surface area contributed by atoms with Gasteiger partial charge in [0.05, 0.1) is 12.0 Å². The van der Waals surface area contributed by atoms with Gasteiger partial charge in [-0.3, -0.25) is 14.7 Å². The third kappa shape index (κ3) is 9.06. The van der Waals surface area contributed by atoms with Crippen molar-refractivity contribution in [3.05, 3.63) is 47.8 Å². The summed E-state index contributed by atoms with van der Waals surface area (Å²) in [7, 11) is -0.876. The Labute approximate surface area is 250 Å². The largest absolute Gasteiger partial charge is 0.497 e. The van der Waals surface area contributed by atoms with E-state index in [1.165, 1.54) is 23.4 Å². The third-order valence-electron chi connectivity index (χ3n) is 7.24. The van der Waals surface area contributed by atoms with E-state index in [0.717, 1.165) is 31.6 Å². The molecule has 2 aromatic rings. The van der Waals surface area contributed by atoms with Crippen molar-refractivity contribution in [1.29, 1.82) is 0 Å². The molecule has 1 fully saturated rings. The number of nitrogens with zero attached hydrogens (tertiary/aromatic N) is 4. The number of carbonyl (C=O) groups excluding carboxylic acids is 2. The molecule has 42 heavy (non-hydrogen) atoms. The molecule has 0 radical (unpaired) electrons. The van der Waals surface area contributed by atoms with Gasteiger partial charge in [0.25, 0.3) is 0 Å². The van der Waals surface area contributed by atoms with Crippen molar-refractivity contribution in [2.45, 2.75) is 58.0 Å². The van der Waals surface area contributed by atoms with Crippen LogP contribution in [0.15, 0.2) is 41.6 Å². The predicted octanol–water partition coefficient (Wildman–Crippen LogP) is 3.60. The molecule has 1 N–H and O–H groups in total. The highest BCUT2D eigenvalue weighted by Crippen LogP contribution is 2.28. The zero-order valence-electron chi connectivity index (χ0n) is 25.8. The average Bonchev–Trinajstić information content (AvgIpc) is 2.93. The maximum absolute atomic E-state index is 13.5. The minimum atomic E-state index is -3.87. The third-order valence-corrected chi connectivity index (χ3v) is 9.40. The molecule has 1 aliphatic heterocycles. The molecule has 1 aromatic heterocycles. The topological polar surface area (TPSA) is 121 Å². The fourth-order valence-electron chi connectivity index (χ4n) is 4.97. The number of nitrogens with one attached hydrogen (secondary N) is 1. The lowest BCUT2D eigenvalue weighted by molar-refractivity contribution is -0.122. The zero-order chi connectivity index (χ0) is 31.1. The summed E-state index contributed by atoms with van der Waals surface area (Å²) in [5.41, 5.74) is 1.50. The van der Waals surface area contributed by atoms with Crippen LogP contribution in [0.2, 0.25) is 0 Å². The lowest BCUT2D eigenvalue weighted by Crippen LogP contribution is -2.47. The number of ether oxygens (including phenoxy) is 2. The lowest BCUT2D eigenvalue weighted by Gasteiger charge is -2.33. The van der Waals surface area contributed by atoms with Gasteiger partial charge in [-0.25, -0.2) is 13.2 Å². The fourth-order valence-corrected chi connectivity index (χ4v) is 6.54. The average molecular weight is 604 g/mol. The van der Waals surface area contributed by atoms with Crippen LogP contribution in [-0.4, -0.2) is 93.6 Å². The van der Waals surface area contributed by atoms with Crippen molar-refractivity contribution in [3.63, 3.8) is 0 Å². The van der Waals surface area contributed by atoms with Crippen LogP contribution in [0, 0.1) is 19.8 Å². The number of amides is 2. The van der Waals surface area contributed by atoms with Gasteiger partial charge in [0.15, 0.2) is 0 Å². The predicted molar refractivity (Wildman–Crippen MR) is 162 cm³/mol. The molecule has 0 unspecified atom stereocenters. The highest BCUT2D eigenvalue weighted by molar-refractivity contribution is 7.89. The van der Waals surface area contributed by atoms with Gasteiger partial charge < -0.3 is 19.7 Å². The maximum atomic E-state index is 13.5. The zero-order valence-corrected chi connectivity index (χ0v) is 26.7. The van der Waals surface area contributed by atoms with Gasteiger partial charge in [-0.15, -0.1) is 0 Å². The number of rotatable bonds is 11. The van der Waals surface area contributed by atoms with Gasteiger partial charge in [-0.1, -0.05) is 0 Å². The quantitative estimate of drug-likeness (QED) is 0.414. The van der Waals surface area contributed by atoms with E-state index >= 15 is 0 Å². The first-order valence-electron chi connectivity index (χ1n) is 14.2. The molecule has 3 rings (SSSR count). The number of aryl methyl sites for hydroxylation is 2. The van der Waals surface area contributed by atoms with Crippen molar-refractivity contribution in [2.24, 2.45) is 5.92 Å². The first-order chi connectivity index (χ1) is 19.7. The van der Waals surface area contributed by atoms with Crippen molar-refractivity contribution < 1.29 is 27.5 Å². The molecular weight excluding hydrogens is 558 g/mol. The minimum Gasteiger partial charge on any atom is -0.497 e. The summed E-state index contributed by atoms with van der Waals surface area (Å²) in [6.45, 7) is 10.7. The normalized spacial score (nSPS) is 14.5. The molecule has 0 bridgehead atoms. The highest BCUT2D eigenvalue weighted by atomic mass is 32.2. The second kappa shape index (κ2) is 14.2. The molecule has 232 valence electrons. The van der Waals surface area contributed by atoms with E-state index in [1.54, 1.807) is 59.1 Å². The van der Waals surface area contributed by atoms with Crippen molar-refractivity contribution in [3.8, 4) is 5.75 Å². The van der Waals surface area contributed by atoms with E-state index in [1.807, 2.05) is 12.1 Å². The van der Waals surface area contributed by atoms with Crippen LogP contribution >= 0.6 is 0 Å². The number of hydrogen-bond acceptors (Lipinski definition) is 8. The number of likely N-dealkylation sites (N-methyl/N-ethyl adjacent to an activating group) is 1. The van der Waals surface area contributed by atoms with Crippen LogP contribution in [0.3, 0.4) is 0 Å². The van der Waals surface area contributed by atoms with E-state index in [-0.39, 0.29) is 30.4 Å². The Morgan fingerprint density at radius 1 is 1.07 bits per heavy atom. The molecule has 12 heteroatoms. The summed E-state index contributed by atoms with van der Waals surface area (Å²) in [5, 5.41) is 2.96. The summed E-state index contributed by atoms with van der Waals surface area (Å²) in [5.74, 6) is 0.590. The lowest BCUT2D eigenvalue weighted by atomic mass is 9.96. The van der Waals surface area contributed by atoms with E-state index in [4.69, 9.17) is 9.47 Å². The summed E-state index contributed by atoms with van der Waals surface area (Å²) in [6.07, 6.45) is 4.76. The molecule has 0 spiro atoms. The van der Waals surface area contributed by atoms with Gasteiger partial charge in [0, 0.05) is 57.9 Å². The second-order valence-corrected chi connectivity index (χ2v) is 13.7. The van der Waals surface area contributed by atoms with E-state index in [0.29, 0.717) is 29.3 Å². The Morgan fingerprint density at radius 3 is 2.21 bits per heavy atom. The number of hydrogen-bond donors (Lipinski definition) is 1. The molecule has 0 saturated carbocycles. The van der Waals surface area contributed by atoms with E-state index < -0.39 is 21.7 Å². The van der Waals surface area contributed by atoms with Gasteiger partial charge in [-0.05, 0) is 88.8 Å². The van der Waals surface area contributed by atoms with Crippen LogP contribution in [-0.2, 0) is 19.6 Å². The number of carbonyl (C=O) groups is 2. The number of benzene rings is 1. The fraction of sp³-hybridized carbons (Fsp3) is 0.567. The molecule has 0 atom stereocenters. The van der Waals surface area contributed by atoms with E-state index in [9.17, 15) is 18.0 Å². The number of methoxy groups -OCH3 is 1. The summed E-state index contributed by atoms with van der Waals surface area (Å²) in [6, 6.07) is 7.34. The first-order valence-corrected chi connectivity index (χ1v) is 15.7. The number of sulfonamides is 1. The van der Waals surface area contributed by atoms with Crippen molar-refractivity contribution in [1.82, 2.24) is 19.5 Å². The molecule has 11 nitrogen and oxygen atoms in total. The summed E-state index contributed by atoms with van der Waals surface area (Å²) >= 11 is 0. The SMILES string of the molecule is COc1cc(C)c(S(=O)(=O)N(C)CCN(CC(=O)NCC2CCN(c3ccncc3)CC2)C(=O)OC(C)(C)C)c(C)c1. The van der Waals surface area contributed by atoms with Crippen LogP contribution in [0.4, 0.5) is 10.5 Å². The van der Waals surface area contributed by atoms with Crippen LogP contribution in [0.1, 0.15) is 44.7 Å². The standard InChI is InChI=1S/C30H45N5O6S/c1-22-18-26(40-7)19-23(2)28(22)42(38,39)33(6)16-17-35(29(37)41-30(3,4)5)21-27(36)32-20-24-10-14-34(15-11-24)25-8-12-31-13-9-25/h8-9,12-13,18-19,24H,10-11,14-17,20-21H2,1-7H3,(H,32,36). The number of anilines is 1. The van der Waals surface area contributed by atoms with Crippen molar-refractivity contribution in [2.75, 3.05) is 58.3 Å². The Bertz CT molecular complexity index is 1300. The van der Waals surface area contributed by atoms with Crippen LogP contribution in [0.5, 0.6) is 5.75 Å². The van der Waals surface area contributed by atoms with Crippen molar-refractivity contribution >= 4 is 27.7 Å². The molecule has 1 aliphatic rings. The smallest absolute Gasteiger partial charge is 0.410 e. The first kappa shape index (κ1) is 33.1.